The van der Waals surface area contributed by atoms with Crippen LogP contribution in [0, 0.1) is 11.8 Å². The third kappa shape index (κ3) is 5.38. The lowest BCUT2D eigenvalue weighted by atomic mass is 9.78. The molecule has 0 aromatic heterocycles. The quantitative estimate of drug-likeness (QED) is 0.766. The van der Waals surface area contributed by atoms with Crippen LogP contribution in [0.15, 0.2) is 0 Å². The van der Waals surface area contributed by atoms with Gasteiger partial charge in [0.05, 0.1) is 5.60 Å². The molecule has 1 aliphatic carbocycles. The van der Waals surface area contributed by atoms with Crippen molar-refractivity contribution in [3.05, 3.63) is 0 Å². The maximum absolute atomic E-state index is 11.6. The molecule has 0 aliphatic heterocycles. The SMILES string of the molecule is CCC1CCC(O)(CNC(=O)CCC(C)C)CC1. The molecule has 0 radical (unpaired) electrons. The zero-order valence-corrected chi connectivity index (χ0v) is 12.2. The first-order chi connectivity index (χ1) is 8.45. The molecule has 3 nitrogen and oxygen atoms in total. The molecule has 1 aliphatic rings. The maximum atomic E-state index is 11.6. The summed E-state index contributed by atoms with van der Waals surface area (Å²) >= 11 is 0. The minimum atomic E-state index is -0.654. The van der Waals surface area contributed by atoms with Crippen molar-refractivity contribution in [1.82, 2.24) is 5.32 Å². The van der Waals surface area contributed by atoms with Crippen LogP contribution in [-0.4, -0.2) is 23.2 Å². The van der Waals surface area contributed by atoms with Gasteiger partial charge in [-0.25, -0.2) is 0 Å². The number of rotatable bonds is 6. The van der Waals surface area contributed by atoms with Crippen molar-refractivity contribution in [2.24, 2.45) is 11.8 Å². The fourth-order valence-electron chi connectivity index (χ4n) is 2.57. The molecule has 1 saturated carbocycles. The smallest absolute Gasteiger partial charge is 0.220 e. The Balaban J connectivity index is 2.24. The van der Waals surface area contributed by atoms with Gasteiger partial charge in [-0.05, 0) is 43.9 Å². The highest BCUT2D eigenvalue weighted by atomic mass is 16.3. The highest BCUT2D eigenvalue weighted by Gasteiger charge is 2.32. The van der Waals surface area contributed by atoms with Crippen molar-refractivity contribution in [2.75, 3.05) is 6.54 Å². The van der Waals surface area contributed by atoms with E-state index >= 15 is 0 Å². The number of carbonyl (C=O) groups is 1. The number of amides is 1. The Morgan fingerprint density at radius 1 is 1.39 bits per heavy atom. The van der Waals surface area contributed by atoms with Crippen LogP contribution in [0.5, 0.6) is 0 Å². The van der Waals surface area contributed by atoms with E-state index in [1.54, 1.807) is 0 Å². The first-order valence-corrected chi connectivity index (χ1v) is 7.44. The molecule has 0 aromatic rings. The highest BCUT2D eigenvalue weighted by molar-refractivity contribution is 5.75. The Hall–Kier alpha value is -0.570. The van der Waals surface area contributed by atoms with Crippen LogP contribution in [0.2, 0.25) is 0 Å². The standard InChI is InChI=1S/C15H29NO2/c1-4-13-7-9-15(18,10-8-13)11-16-14(17)6-5-12(2)3/h12-13,18H,4-11H2,1-3H3,(H,16,17). The van der Waals surface area contributed by atoms with Crippen LogP contribution in [0.1, 0.15) is 65.7 Å². The summed E-state index contributed by atoms with van der Waals surface area (Å²) in [5, 5.41) is 13.3. The van der Waals surface area contributed by atoms with E-state index in [0.29, 0.717) is 18.9 Å². The van der Waals surface area contributed by atoms with Crippen LogP contribution in [0.3, 0.4) is 0 Å². The van der Waals surface area contributed by atoms with E-state index < -0.39 is 5.60 Å². The minimum Gasteiger partial charge on any atom is -0.388 e. The van der Waals surface area contributed by atoms with Crippen LogP contribution in [0.4, 0.5) is 0 Å². The van der Waals surface area contributed by atoms with Gasteiger partial charge in [-0.1, -0.05) is 27.2 Å². The Bertz CT molecular complexity index is 255. The van der Waals surface area contributed by atoms with Crippen molar-refractivity contribution < 1.29 is 9.90 Å². The normalized spacial score (nSPS) is 28.4. The third-order valence-electron chi connectivity index (χ3n) is 4.18. The van der Waals surface area contributed by atoms with E-state index in [2.05, 4.69) is 26.1 Å². The fraction of sp³-hybridized carbons (Fsp3) is 0.933. The molecule has 0 bridgehead atoms. The summed E-state index contributed by atoms with van der Waals surface area (Å²) in [5.74, 6) is 1.40. The molecule has 18 heavy (non-hydrogen) atoms. The van der Waals surface area contributed by atoms with E-state index in [1.807, 2.05) is 0 Å². The average molecular weight is 255 g/mol. The summed E-state index contributed by atoms with van der Waals surface area (Å²) in [6.45, 7) is 6.88. The first-order valence-electron chi connectivity index (χ1n) is 7.44. The van der Waals surface area contributed by atoms with Crippen molar-refractivity contribution >= 4 is 5.91 Å². The highest BCUT2D eigenvalue weighted by Crippen LogP contribution is 2.33. The zero-order valence-electron chi connectivity index (χ0n) is 12.2. The monoisotopic (exact) mass is 255 g/mol. The maximum Gasteiger partial charge on any atom is 0.220 e. The van der Waals surface area contributed by atoms with E-state index in [0.717, 1.165) is 38.0 Å². The van der Waals surface area contributed by atoms with Gasteiger partial charge >= 0.3 is 0 Å². The Kier molecular flexibility index (Phi) is 6.13. The number of hydrogen-bond donors (Lipinski definition) is 2. The molecule has 3 heteroatoms. The first kappa shape index (κ1) is 15.5. The van der Waals surface area contributed by atoms with Gasteiger partial charge in [0.25, 0.3) is 0 Å². The molecule has 1 fully saturated rings. The minimum absolute atomic E-state index is 0.0785. The largest absolute Gasteiger partial charge is 0.388 e. The van der Waals surface area contributed by atoms with E-state index in [-0.39, 0.29) is 5.91 Å². The lowest BCUT2D eigenvalue weighted by molar-refractivity contribution is -0.123. The molecule has 1 rings (SSSR count). The summed E-state index contributed by atoms with van der Waals surface area (Å²) in [4.78, 5) is 11.6. The van der Waals surface area contributed by atoms with E-state index in [4.69, 9.17) is 0 Å². The van der Waals surface area contributed by atoms with Gasteiger partial charge in [0, 0.05) is 13.0 Å². The fourth-order valence-corrected chi connectivity index (χ4v) is 2.57. The van der Waals surface area contributed by atoms with E-state index in [1.165, 1.54) is 6.42 Å². The van der Waals surface area contributed by atoms with Crippen molar-refractivity contribution in [3.63, 3.8) is 0 Å². The summed E-state index contributed by atoms with van der Waals surface area (Å²) in [5.41, 5.74) is -0.654. The molecular formula is C15H29NO2. The molecule has 106 valence electrons. The second kappa shape index (κ2) is 7.13. The van der Waals surface area contributed by atoms with Gasteiger partial charge in [0.15, 0.2) is 0 Å². The molecule has 1 amide bonds. The number of nitrogens with one attached hydrogen (secondary N) is 1. The average Bonchev–Trinajstić information content (AvgIpc) is 2.35. The Labute approximate surface area is 111 Å². The zero-order chi connectivity index (χ0) is 13.6. The van der Waals surface area contributed by atoms with Crippen LogP contribution in [0.25, 0.3) is 0 Å². The van der Waals surface area contributed by atoms with Crippen molar-refractivity contribution in [3.8, 4) is 0 Å². The summed E-state index contributed by atoms with van der Waals surface area (Å²) in [6.07, 6.45) is 6.54. The summed E-state index contributed by atoms with van der Waals surface area (Å²) in [7, 11) is 0. The lowest BCUT2D eigenvalue weighted by Crippen LogP contribution is -2.45. The third-order valence-corrected chi connectivity index (χ3v) is 4.18. The Morgan fingerprint density at radius 3 is 2.50 bits per heavy atom. The number of carbonyl (C=O) groups excluding carboxylic acids is 1. The second-order valence-corrected chi connectivity index (χ2v) is 6.29. The molecular weight excluding hydrogens is 226 g/mol. The van der Waals surface area contributed by atoms with Gasteiger partial charge < -0.3 is 10.4 Å². The molecule has 0 heterocycles. The summed E-state index contributed by atoms with van der Waals surface area (Å²) < 4.78 is 0. The van der Waals surface area contributed by atoms with Crippen molar-refractivity contribution in [1.29, 1.82) is 0 Å². The molecule has 2 N–H and O–H groups in total. The Morgan fingerprint density at radius 2 is 2.00 bits per heavy atom. The number of hydrogen-bond acceptors (Lipinski definition) is 2. The topological polar surface area (TPSA) is 49.3 Å². The number of aliphatic hydroxyl groups is 1. The van der Waals surface area contributed by atoms with Crippen molar-refractivity contribution in [2.45, 2.75) is 71.3 Å². The molecule has 0 spiro atoms. The lowest BCUT2D eigenvalue weighted by Gasteiger charge is -2.35. The summed E-state index contributed by atoms with van der Waals surface area (Å²) in [6, 6.07) is 0. The van der Waals surface area contributed by atoms with Gasteiger partial charge in [-0.3, -0.25) is 4.79 Å². The molecule has 0 unspecified atom stereocenters. The van der Waals surface area contributed by atoms with E-state index in [9.17, 15) is 9.90 Å². The second-order valence-electron chi connectivity index (χ2n) is 6.29. The van der Waals surface area contributed by atoms with Crippen LogP contribution >= 0.6 is 0 Å². The predicted octanol–water partition coefficient (Wildman–Crippen LogP) is 2.87. The van der Waals surface area contributed by atoms with Crippen LogP contribution in [-0.2, 0) is 4.79 Å². The van der Waals surface area contributed by atoms with Crippen LogP contribution < -0.4 is 5.32 Å². The van der Waals surface area contributed by atoms with Gasteiger partial charge in [-0.15, -0.1) is 0 Å². The predicted molar refractivity (Wildman–Crippen MR) is 74.3 cm³/mol. The van der Waals surface area contributed by atoms with Gasteiger partial charge in [0.1, 0.15) is 0 Å². The molecule has 0 atom stereocenters. The molecule has 0 aromatic carbocycles. The van der Waals surface area contributed by atoms with Gasteiger partial charge in [0.2, 0.25) is 5.91 Å². The van der Waals surface area contributed by atoms with Gasteiger partial charge in [-0.2, -0.15) is 0 Å². The molecule has 0 saturated heterocycles.